The van der Waals surface area contributed by atoms with E-state index >= 15 is 0 Å². The molecule has 6 nitrogen and oxygen atoms in total. The van der Waals surface area contributed by atoms with Gasteiger partial charge >= 0.3 is 0 Å². The van der Waals surface area contributed by atoms with Gasteiger partial charge in [0.15, 0.2) is 0 Å². The minimum absolute atomic E-state index is 0.0868. The maximum Gasteiger partial charge on any atom is 0.255 e. The fraction of sp³-hybridized carbons (Fsp3) is 0.0909. The van der Waals surface area contributed by atoms with Gasteiger partial charge in [-0.15, -0.1) is 0 Å². The molecule has 30 heavy (non-hydrogen) atoms. The molecule has 0 fully saturated rings. The smallest absolute Gasteiger partial charge is 0.255 e. The van der Waals surface area contributed by atoms with Gasteiger partial charge in [-0.05, 0) is 41.5 Å². The van der Waals surface area contributed by atoms with Crippen molar-refractivity contribution in [1.82, 2.24) is 4.31 Å². The van der Waals surface area contributed by atoms with E-state index in [4.69, 9.17) is 0 Å². The first-order chi connectivity index (χ1) is 14.3. The first-order valence-corrected chi connectivity index (χ1v) is 12.1. The van der Waals surface area contributed by atoms with E-state index in [1.165, 1.54) is 41.7 Å². The van der Waals surface area contributed by atoms with E-state index in [1.54, 1.807) is 12.1 Å². The third-order valence-electron chi connectivity index (χ3n) is 4.31. The molecule has 156 valence electrons. The third-order valence-corrected chi connectivity index (χ3v) is 7.14. The van der Waals surface area contributed by atoms with Crippen molar-refractivity contribution in [2.45, 2.75) is 11.4 Å². The molecular formula is C22H22N2O4S2. The SMILES string of the molecule is CN(Cc1ccccc1)S(=O)(=O)c1ccc(NS(=O)(=O)C=Cc2ccccc2)cc1. The molecule has 0 unspecified atom stereocenters. The molecule has 0 saturated carbocycles. The van der Waals surface area contributed by atoms with Crippen LogP contribution in [0.15, 0.2) is 95.2 Å². The highest BCUT2D eigenvalue weighted by atomic mass is 32.2. The fourth-order valence-electron chi connectivity index (χ4n) is 2.73. The van der Waals surface area contributed by atoms with Gasteiger partial charge in [0.05, 0.1) is 10.3 Å². The van der Waals surface area contributed by atoms with Gasteiger partial charge in [0.2, 0.25) is 10.0 Å². The van der Waals surface area contributed by atoms with Crippen molar-refractivity contribution >= 4 is 31.8 Å². The first-order valence-electron chi connectivity index (χ1n) is 9.12. The summed E-state index contributed by atoms with van der Waals surface area (Å²) in [6.07, 6.45) is 1.49. The number of nitrogens with one attached hydrogen (secondary N) is 1. The van der Waals surface area contributed by atoms with Crippen LogP contribution >= 0.6 is 0 Å². The highest BCUT2D eigenvalue weighted by Gasteiger charge is 2.21. The Bertz CT molecular complexity index is 1210. The Morgan fingerprint density at radius 3 is 1.97 bits per heavy atom. The van der Waals surface area contributed by atoms with Crippen molar-refractivity contribution in [2.24, 2.45) is 0 Å². The normalized spacial score (nSPS) is 12.3. The molecule has 8 heteroatoms. The molecule has 0 atom stereocenters. The van der Waals surface area contributed by atoms with Crippen LogP contribution < -0.4 is 4.72 Å². The van der Waals surface area contributed by atoms with Gasteiger partial charge in [-0.3, -0.25) is 4.72 Å². The highest BCUT2D eigenvalue weighted by Crippen LogP contribution is 2.20. The van der Waals surface area contributed by atoms with Crippen LogP contribution in [0.3, 0.4) is 0 Å². The number of hydrogen-bond acceptors (Lipinski definition) is 4. The molecule has 3 aromatic carbocycles. The second-order valence-electron chi connectivity index (χ2n) is 6.63. The number of benzene rings is 3. The van der Waals surface area contributed by atoms with Crippen LogP contribution in [0.2, 0.25) is 0 Å². The topological polar surface area (TPSA) is 83.6 Å². The maximum atomic E-state index is 12.8. The summed E-state index contributed by atoms with van der Waals surface area (Å²) in [7, 11) is -5.92. The van der Waals surface area contributed by atoms with Crippen LogP contribution in [0.4, 0.5) is 5.69 Å². The summed E-state index contributed by atoms with van der Waals surface area (Å²) < 4.78 is 53.7. The molecule has 3 aromatic rings. The van der Waals surface area contributed by atoms with Crippen molar-refractivity contribution in [3.63, 3.8) is 0 Å². The summed E-state index contributed by atoms with van der Waals surface area (Å²) in [5, 5.41) is 1.07. The maximum absolute atomic E-state index is 12.8. The minimum atomic E-state index is -3.73. The van der Waals surface area contributed by atoms with Crippen LogP contribution in [-0.2, 0) is 26.6 Å². The lowest BCUT2D eigenvalue weighted by Gasteiger charge is -2.17. The molecular weight excluding hydrogens is 420 g/mol. The quantitative estimate of drug-likeness (QED) is 0.573. The predicted molar refractivity (Wildman–Crippen MR) is 120 cm³/mol. The lowest BCUT2D eigenvalue weighted by atomic mass is 10.2. The molecule has 3 rings (SSSR count). The number of nitrogens with zero attached hydrogens (tertiary/aromatic N) is 1. The molecule has 1 N–H and O–H groups in total. The van der Waals surface area contributed by atoms with E-state index in [2.05, 4.69) is 4.72 Å². The van der Waals surface area contributed by atoms with Crippen LogP contribution in [0.5, 0.6) is 0 Å². The second kappa shape index (κ2) is 9.25. The van der Waals surface area contributed by atoms with Gasteiger partial charge in [0, 0.05) is 19.3 Å². The van der Waals surface area contributed by atoms with Crippen molar-refractivity contribution in [3.8, 4) is 0 Å². The Morgan fingerprint density at radius 2 is 1.37 bits per heavy atom. The molecule has 0 aliphatic carbocycles. The van der Waals surface area contributed by atoms with E-state index in [1.807, 2.05) is 48.5 Å². The third kappa shape index (κ3) is 5.79. The summed E-state index contributed by atoms with van der Waals surface area (Å²) in [6.45, 7) is 0.238. The molecule has 0 saturated heterocycles. The van der Waals surface area contributed by atoms with Gasteiger partial charge in [0.1, 0.15) is 0 Å². The van der Waals surface area contributed by atoms with Crippen LogP contribution in [0.25, 0.3) is 6.08 Å². The Morgan fingerprint density at radius 1 is 0.800 bits per heavy atom. The molecule has 0 heterocycles. The number of sulfonamides is 2. The second-order valence-corrected chi connectivity index (χ2v) is 10.2. The summed E-state index contributed by atoms with van der Waals surface area (Å²) in [5.74, 6) is 0. The molecule has 0 radical (unpaired) electrons. The lowest BCUT2D eigenvalue weighted by molar-refractivity contribution is 0.467. The van der Waals surface area contributed by atoms with Crippen molar-refractivity contribution in [2.75, 3.05) is 11.8 Å². The number of hydrogen-bond donors (Lipinski definition) is 1. The highest BCUT2D eigenvalue weighted by molar-refractivity contribution is 7.95. The Labute approximate surface area is 177 Å². The van der Waals surface area contributed by atoms with Crippen LogP contribution in [-0.4, -0.2) is 28.2 Å². The predicted octanol–water partition coefficient (Wildman–Crippen LogP) is 3.92. The molecule has 0 bridgehead atoms. The van der Waals surface area contributed by atoms with Gasteiger partial charge < -0.3 is 0 Å². The van der Waals surface area contributed by atoms with Gasteiger partial charge in [0.25, 0.3) is 10.0 Å². The number of rotatable bonds is 8. The first kappa shape index (κ1) is 21.8. The summed E-state index contributed by atoms with van der Waals surface area (Å²) in [6, 6.07) is 23.9. The molecule has 0 spiro atoms. The van der Waals surface area contributed by atoms with Gasteiger partial charge in [-0.25, -0.2) is 16.8 Å². The zero-order valence-corrected chi connectivity index (χ0v) is 18.0. The fourth-order valence-corrected chi connectivity index (χ4v) is 4.76. The molecule has 0 aliphatic heterocycles. The Kier molecular flexibility index (Phi) is 6.71. The molecule has 0 amide bonds. The molecule has 0 aromatic heterocycles. The van der Waals surface area contributed by atoms with Crippen molar-refractivity contribution in [3.05, 3.63) is 101 Å². The van der Waals surface area contributed by atoms with E-state index in [9.17, 15) is 16.8 Å². The summed E-state index contributed by atoms with van der Waals surface area (Å²) in [4.78, 5) is 0.0868. The van der Waals surface area contributed by atoms with Crippen molar-refractivity contribution < 1.29 is 16.8 Å². The standard InChI is InChI=1S/C22H22N2O4S2/c1-24(18-20-10-6-3-7-11-20)30(27,28)22-14-12-21(13-15-22)23-29(25,26)17-16-19-8-4-2-5-9-19/h2-17,23H,18H2,1H3. The summed E-state index contributed by atoms with van der Waals surface area (Å²) >= 11 is 0. The van der Waals surface area contributed by atoms with Gasteiger partial charge in [-0.2, -0.15) is 4.31 Å². The Balaban J connectivity index is 1.70. The average Bonchev–Trinajstić information content (AvgIpc) is 2.74. The Hall–Kier alpha value is -2.94. The largest absolute Gasteiger partial charge is 0.280 e. The van der Waals surface area contributed by atoms with E-state index in [0.29, 0.717) is 0 Å². The van der Waals surface area contributed by atoms with E-state index in [0.717, 1.165) is 16.5 Å². The van der Waals surface area contributed by atoms with E-state index < -0.39 is 20.0 Å². The molecule has 0 aliphatic rings. The van der Waals surface area contributed by atoms with Crippen LogP contribution in [0, 0.1) is 0 Å². The van der Waals surface area contributed by atoms with Crippen molar-refractivity contribution in [1.29, 1.82) is 0 Å². The van der Waals surface area contributed by atoms with Crippen LogP contribution in [0.1, 0.15) is 11.1 Å². The van der Waals surface area contributed by atoms with Gasteiger partial charge in [-0.1, -0.05) is 60.7 Å². The number of anilines is 1. The zero-order chi connectivity index (χ0) is 21.6. The summed E-state index contributed by atoms with van der Waals surface area (Å²) in [5.41, 5.74) is 1.90. The lowest BCUT2D eigenvalue weighted by Crippen LogP contribution is -2.26. The average molecular weight is 443 g/mol. The van der Waals surface area contributed by atoms with E-state index in [-0.39, 0.29) is 17.1 Å². The zero-order valence-electron chi connectivity index (χ0n) is 16.3. The monoisotopic (exact) mass is 442 g/mol. The minimum Gasteiger partial charge on any atom is -0.280 e.